The highest BCUT2D eigenvalue weighted by Gasteiger charge is 2.25. The van der Waals surface area contributed by atoms with Crippen LogP contribution in [0.25, 0.3) is 0 Å². The van der Waals surface area contributed by atoms with E-state index in [1.165, 1.54) is 5.56 Å². The van der Waals surface area contributed by atoms with Gasteiger partial charge >= 0.3 is 0 Å². The van der Waals surface area contributed by atoms with E-state index in [-0.39, 0.29) is 11.7 Å². The van der Waals surface area contributed by atoms with E-state index in [2.05, 4.69) is 29.2 Å². The minimum atomic E-state index is -0.537. The SMILES string of the molecule is N[C@H](Cc1ccc(O)cc1)C(=O)N1CCN(Cc2ccccc2)CC1. The van der Waals surface area contributed by atoms with Crippen molar-refractivity contribution in [1.82, 2.24) is 9.80 Å². The maximum atomic E-state index is 12.6. The van der Waals surface area contributed by atoms with E-state index in [0.717, 1.165) is 38.3 Å². The van der Waals surface area contributed by atoms with E-state index in [9.17, 15) is 9.90 Å². The van der Waals surface area contributed by atoms with Crippen LogP contribution in [0.4, 0.5) is 0 Å². The van der Waals surface area contributed by atoms with Crippen LogP contribution in [0.5, 0.6) is 5.75 Å². The number of hydrogen-bond donors (Lipinski definition) is 2. The summed E-state index contributed by atoms with van der Waals surface area (Å²) >= 11 is 0. The van der Waals surface area contributed by atoms with Crippen LogP contribution in [0.15, 0.2) is 54.6 Å². The standard InChI is InChI=1S/C20H25N3O2/c21-19(14-16-6-8-18(24)9-7-16)20(25)23-12-10-22(11-13-23)15-17-4-2-1-3-5-17/h1-9,19,24H,10-15,21H2/t19-/m1/s1. The van der Waals surface area contributed by atoms with Crippen molar-refractivity contribution in [3.05, 3.63) is 65.7 Å². The molecule has 3 N–H and O–H groups in total. The van der Waals surface area contributed by atoms with Crippen molar-refractivity contribution < 1.29 is 9.90 Å². The molecule has 1 aliphatic rings. The Morgan fingerprint density at radius 3 is 2.24 bits per heavy atom. The van der Waals surface area contributed by atoms with Crippen molar-refractivity contribution in [3.63, 3.8) is 0 Å². The summed E-state index contributed by atoms with van der Waals surface area (Å²) in [4.78, 5) is 16.8. The first-order valence-corrected chi connectivity index (χ1v) is 8.70. The smallest absolute Gasteiger partial charge is 0.239 e. The molecule has 5 heteroatoms. The Kier molecular flexibility index (Phi) is 5.68. The van der Waals surface area contributed by atoms with Crippen LogP contribution >= 0.6 is 0 Å². The predicted octanol–water partition coefficient (Wildman–Crippen LogP) is 1.61. The number of rotatable bonds is 5. The van der Waals surface area contributed by atoms with E-state index in [4.69, 9.17) is 5.73 Å². The molecule has 1 aliphatic heterocycles. The average molecular weight is 339 g/mol. The zero-order valence-electron chi connectivity index (χ0n) is 14.3. The van der Waals surface area contributed by atoms with E-state index < -0.39 is 6.04 Å². The number of carbonyl (C=O) groups excluding carboxylic acids is 1. The third kappa shape index (κ3) is 4.81. The number of amides is 1. The summed E-state index contributed by atoms with van der Waals surface area (Å²) in [7, 11) is 0. The summed E-state index contributed by atoms with van der Waals surface area (Å²) in [6, 6.07) is 16.7. The summed E-state index contributed by atoms with van der Waals surface area (Å²) in [6.45, 7) is 4.09. The Balaban J connectivity index is 1.48. The third-order valence-electron chi connectivity index (χ3n) is 4.64. The minimum absolute atomic E-state index is 0.00689. The lowest BCUT2D eigenvalue weighted by molar-refractivity contribution is -0.134. The Hall–Kier alpha value is -2.37. The molecule has 1 saturated heterocycles. The van der Waals surface area contributed by atoms with Crippen LogP contribution in [-0.4, -0.2) is 53.0 Å². The molecule has 2 aromatic carbocycles. The molecule has 132 valence electrons. The van der Waals surface area contributed by atoms with E-state index in [1.807, 2.05) is 11.0 Å². The second-order valence-corrected chi connectivity index (χ2v) is 6.56. The molecule has 0 radical (unpaired) electrons. The van der Waals surface area contributed by atoms with Gasteiger partial charge in [-0.2, -0.15) is 0 Å². The topological polar surface area (TPSA) is 69.8 Å². The van der Waals surface area contributed by atoms with E-state index in [0.29, 0.717) is 6.42 Å². The largest absolute Gasteiger partial charge is 0.508 e. The van der Waals surface area contributed by atoms with Gasteiger partial charge in [0.1, 0.15) is 5.75 Å². The molecule has 1 heterocycles. The van der Waals surface area contributed by atoms with Crippen molar-refractivity contribution in [2.24, 2.45) is 5.73 Å². The van der Waals surface area contributed by atoms with Gasteiger partial charge in [-0.1, -0.05) is 42.5 Å². The number of carbonyl (C=O) groups is 1. The number of benzene rings is 2. The molecule has 0 spiro atoms. The highest BCUT2D eigenvalue weighted by molar-refractivity contribution is 5.82. The fourth-order valence-corrected chi connectivity index (χ4v) is 3.18. The second kappa shape index (κ2) is 8.14. The summed E-state index contributed by atoms with van der Waals surface area (Å²) in [5.74, 6) is 0.227. The molecule has 0 bridgehead atoms. The first-order chi connectivity index (χ1) is 12.1. The monoisotopic (exact) mass is 339 g/mol. The third-order valence-corrected chi connectivity index (χ3v) is 4.64. The number of nitrogens with two attached hydrogens (primary N) is 1. The van der Waals surface area contributed by atoms with Crippen molar-refractivity contribution >= 4 is 5.91 Å². The number of nitrogens with zero attached hydrogens (tertiary/aromatic N) is 2. The zero-order chi connectivity index (χ0) is 17.6. The van der Waals surface area contributed by atoms with Crippen molar-refractivity contribution in [2.45, 2.75) is 19.0 Å². The molecule has 0 unspecified atom stereocenters. The van der Waals surface area contributed by atoms with Gasteiger partial charge < -0.3 is 15.7 Å². The van der Waals surface area contributed by atoms with Gasteiger partial charge in [-0.3, -0.25) is 9.69 Å². The van der Waals surface area contributed by atoms with Crippen LogP contribution < -0.4 is 5.73 Å². The molecular weight excluding hydrogens is 314 g/mol. The molecule has 0 aliphatic carbocycles. The van der Waals surface area contributed by atoms with Crippen LogP contribution in [-0.2, 0) is 17.8 Å². The van der Waals surface area contributed by atoms with Gasteiger partial charge in [-0.05, 0) is 29.7 Å². The molecule has 0 aromatic heterocycles. The number of aromatic hydroxyl groups is 1. The first kappa shape index (κ1) is 17.5. The molecule has 1 atom stereocenters. The van der Waals surface area contributed by atoms with Gasteiger partial charge in [-0.25, -0.2) is 0 Å². The highest BCUT2D eigenvalue weighted by Crippen LogP contribution is 2.13. The maximum Gasteiger partial charge on any atom is 0.239 e. The Morgan fingerprint density at radius 1 is 0.960 bits per heavy atom. The van der Waals surface area contributed by atoms with E-state index >= 15 is 0 Å². The van der Waals surface area contributed by atoms with Crippen LogP contribution in [0.1, 0.15) is 11.1 Å². The number of phenolic OH excluding ortho intramolecular Hbond substituents is 1. The molecule has 25 heavy (non-hydrogen) atoms. The summed E-state index contributed by atoms with van der Waals surface area (Å²) in [6.07, 6.45) is 0.489. The van der Waals surface area contributed by atoms with Gasteiger partial charge in [0, 0.05) is 32.7 Å². The van der Waals surface area contributed by atoms with Gasteiger partial charge in [0.15, 0.2) is 0 Å². The lowest BCUT2D eigenvalue weighted by atomic mass is 10.0. The lowest BCUT2D eigenvalue weighted by Crippen LogP contribution is -2.53. The maximum absolute atomic E-state index is 12.6. The van der Waals surface area contributed by atoms with Crippen LogP contribution in [0.3, 0.4) is 0 Å². The molecule has 1 amide bonds. The van der Waals surface area contributed by atoms with Gasteiger partial charge in [0.05, 0.1) is 6.04 Å². The molecule has 1 fully saturated rings. The minimum Gasteiger partial charge on any atom is -0.508 e. The first-order valence-electron chi connectivity index (χ1n) is 8.70. The molecule has 3 rings (SSSR count). The van der Waals surface area contributed by atoms with E-state index in [1.54, 1.807) is 24.3 Å². The van der Waals surface area contributed by atoms with Crippen molar-refractivity contribution in [1.29, 1.82) is 0 Å². The van der Waals surface area contributed by atoms with Crippen LogP contribution in [0, 0.1) is 0 Å². The Bertz CT molecular complexity index is 680. The molecule has 0 saturated carbocycles. The quantitative estimate of drug-likeness (QED) is 0.868. The fraction of sp³-hybridized carbons (Fsp3) is 0.350. The second-order valence-electron chi connectivity index (χ2n) is 6.56. The average Bonchev–Trinajstić information content (AvgIpc) is 2.64. The zero-order valence-corrected chi connectivity index (χ0v) is 14.3. The number of phenols is 1. The normalized spacial score (nSPS) is 16.6. The lowest BCUT2D eigenvalue weighted by Gasteiger charge is -2.36. The Labute approximate surface area is 148 Å². The summed E-state index contributed by atoms with van der Waals surface area (Å²) < 4.78 is 0. The molecular formula is C20H25N3O2. The van der Waals surface area contributed by atoms with Gasteiger partial charge in [-0.15, -0.1) is 0 Å². The van der Waals surface area contributed by atoms with Crippen molar-refractivity contribution in [2.75, 3.05) is 26.2 Å². The fourth-order valence-electron chi connectivity index (χ4n) is 3.18. The number of hydrogen-bond acceptors (Lipinski definition) is 4. The van der Waals surface area contributed by atoms with Crippen LogP contribution in [0.2, 0.25) is 0 Å². The Morgan fingerprint density at radius 2 is 1.60 bits per heavy atom. The van der Waals surface area contributed by atoms with Gasteiger partial charge in [0.25, 0.3) is 0 Å². The summed E-state index contributed by atoms with van der Waals surface area (Å²) in [5.41, 5.74) is 8.37. The summed E-state index contributed by atoms with van der Waals surface area (Å²) in [5, 5.41) is 9.32. The van der Waals surface area contributed by atoms with Crippen molar-refractivity contribution in [3.8, 4) is 5.75 Å². The number of piperazine rings is 1. The predicted molar refractivity (Wildman–Crippen MR) is 98.1 cm³/mol. The molecule has 2 aromatic rings. The van der Waals surface area contributed by atoms with Gasteiger partial charge in [0.2, 0.25) is 5.91 Å². The highest BCUT2D eigenvalue weighted by atomic mass is 16.3. The molecule has 5 nitrogen and oxygen atoms in total.